The lowest BCUT2D eigenvalue weighted by atomic mass is 10.2. The molecule has 0 aliphatic carbocycles. The number of fused-ring (bicyclic) bond motifs is 1. The average molecular weight is 327 g/mol. The standard InChI is InChI=1S/C13H11ClN2O4S/c14-10-5-3-4-9-8-11(20-12(9)10)13(17)16-21(18,19)7-2-1-6-15/h3-5,8H,1-2,7H2,(H,16,17). The molecule has 1 aromatic carbocycles. The SMILES string of the molecule is N#CCCCS(=O)(=O)NC(=O)c1cc2cccc(Cl)c2o1. The van der Waals surface area contributed by atoms with E-state index in [-0.39, 0.29) is 24.4 Å². The number of sulfonamides is 1. The Morgan fingerprint density at radius 1 is 1.43 bits per heavy atom. The van der Waals surface area contributed by atoms with Crippen LogP contribution in [0.15, 0.2) is 28.7 Å². The quantitative estimate of drug-likeness (QED) is 0.850. The number of hydrogen-bond acceptors (Lipinski definition) is 5. The van der Waals surface area contributed by atoms with Crippen LogP contribution in [0.25, 0.3) is 11.0 Å². The lowest BCUT2D eigenvalue weighted by molar-refractivity contribution is 0.0956. The number of halogens is 1. The minimum atomic E-state index is -3.79. The third-order valence-corrected chi connectivity index (χ3v) is 4.29. The molecule has 1 heterocycles. The molecule has 0 aliphatic rings. The Morgan fingerprint density at radius 3 is 2.86 bits per heavy atom. The summed E-state index contributed by atoms with van der Waals surface area (Å²) < 4.78 is 30.5. The predicted octanol–water partition coefficient (Wildman–Crippen LogP) is 2.45. The summed E-state index contributed by atoms with van der Waals surface area (Å²) in [5.41, 5.74) is 0.325. The van der Waals surface area contributed by atoms with Gasteiger partial charge in [0.2, 0.25) is 10.0 Å². The number of nitrogens with zero attached hydrogens (tertiary/aromatic N) is 1. The molecule has 0 saturated heterocycles. The van der Waals surface area contributed by atoms with E-state index in [2.05, 4.69) is 0 Å². The Labute approximate surface area is 126 Å². The maximum absolute atomic E-state index is 11.9. The second-order valence-corrected chi connectivity index (χ2v) is 6.53. The van der Waals surface area contributed by atoms with Crippen LogP contribution in [-0.2, 0) is 10.0 Å². The van der Waals surface area contributed by atoms with Crippen molar-refractivity contribution in [3.63, 3.8) is 0 Å². The molecule has 0 atom stereocenters. The van der Waals surface area contributed by atoms with E-state index in [0.717, 1.165) is 0 Å². The molecule has 0 unspecified atom stereocenters. The topological polar surface area (TPSA) is 100 Å². The molecule has 1 amide bonds. The minimum absolute atomic E-state index is 0.106. The van der Waals surface area contributed by atoms with Gasteiger partial charge in [-0.2, -0.15) is 5.26 Å². The highest BCUT2D eigenvalue weighted by molar-refractivity contribution is 7.90. The molecule has 0 spiro atoms. The van der Waals surface area contributed by atoms with E-state index >= 15 is 0 Å². The van der Waals surface area contributed by atoms with Gasteiger partial charge in [0.15, 0.2) is 11.3 Å². The van der Waals surface area contributed by atoms with Crippen LogP contribution < -0.4 is 4.72 Å². The normalized spacial score (nSPS) is 11.2. The third-order valence-electron chi connectivity index (χ3n) is 2.67. The number of amides is 1. The molecule has 2 aromatic rings. The highest BCUT2D eigenvalue weighted by atomic mass is 35.5. The number of nitriles is 1. The molecule has 2 rings (SSSR count). The van der Waals surface area contributed by atoms with Gasteiger partial charge in [-0.1, -0.05) is 23.7 Å². The number of benzene rings is 1. The highest BCUT2D eigenvalue weighted by Crippen LogP contribution is 2.26. The molecule has 1 aromatic heterocycles. The molecule has 8 heteroatoms. The molecule has 1 N–H and O–H groups in total. The van der Waals surface area contributed by atoms with Gasteiger partial charge in [0.25, 0.3) is 5.91 Å². The van der Waals surface area contributed by atoms with Crippen LogP contribution in [0.5, 0.6) is 0 Å². The molecule has 0 saturated carbocycles. The van der Waals surface area contributed by atoms with Crippen molar-refractivity contribution >= 4 is 38.5 Å². The van der Waals surface area contributed by atoms with Crippen molar-refractivity contribution < 1.29 is 17.6 Å². The monoisotopic (exact) mass is 326 g/mol. The number of unbranched alkanes of at least 4 members (excludes halogenated alkanes) is 1. The number of hydrogen-bond donors (Lipinski definition) is 1. The van der Waals surface area contributed by atoms with Crippen molar-refractivity contribution in [1.82, 2.24) is 4.72 Å². The van der Waals surface area contributed by atoms with Crippen LogP contribution in [0.2, 0.25) is 5.02 Å². The van der Waals surface area contributed by atoms with Crippen LogP contribution in [0.4, 0.5) is 0 Å². The first-order chi connectivity index (χ1) is 9.93. The zero-order valence-electron chi connectivity index (χ0n) is 10.8. The number of carbonyl (C=O) groups excluding carboxylic acids is 1. The molecule has 110 valence electrons. The van der Waals surface area contributed by atoms with Gasteiger partial charge in [-0.25, -0.2) is 13.1 Å². The van der Waals surface area contributed by atoms with Crippen LogP contribution in [0.3, 0.4) is 0 Å². The van der Waals surface area contributed by atoms with E-state index in [1.807, 2.05) is 10.8 Å². The molecule has 0 bridgehead atoms. The fraction of sp³-hybridized carbons (Fsp3) is 0.231. The van der Waals surface area contributed by atoms with Gasteiger partial charge in [0.1, 0.15) is 0 Å². The van der Waals surface area contributed by atoms with Crippen molar-refractivity contribution in [3.05, 3.63) is 35.0 Å². The van der Waals surface area contributed by atoms with E-state index in [4.69, 9.17) is 21.3 Å². The molecule has 21 heavy (non-hydrogen) atoms. The van der Waals surface area contributed by atoms with E-state index in [9.17, 15) is 13.2 Å². The summed E-state index contributed by atoms with van der Waals surface area (Å²) in [6.45, 7) is 0. The summed E-state index contributed by atoms with van der Waals surface area (Å²) in [6.07, 6.45) is 0.264. The Balaban J connectivity index is 2.16. The van der Waals surface area contributed by atoms with E-state index < -0.39 is 15.9 Å². The van der Waals surface area contributed by atoms with Crippen molar-refractivity contribution in [2.45, 2.75) is 12.8 Å². The lowest BCUT2D eigenvalue weighted by Crippen LogP contribution is -2.32. The van der Waals surface area contributed by atoms with Crippen LogP contribution in [0, 0.1) is 11.3 Å². The van der Waals surface area contributed by atoms with Crippen molar-refractivity contribution in [3.8, 4) is 6.07 Å². The number of furan rings is 1. The first-order valence-electron chi connectivity index (χ1n) is 6.03. The molecular weight excluding hydrogens is 316 g/mol. The van der Waals surface area contributed by atoms with Gasteiger partial charge in [-0.15, -0.1) is 0 Å². The smallest absolute Gasteiger partial charge is 0.300 e. The predicted molar refractivity (Wildman–Crippen MR) is 77.3 cm³/mol. The maximum Gasteiger partial charge on any atom is 0.300 e. The summed E-state index contributed by atoms with van der Waals surface area (Å²) in [5, 5.41) is 9.31. The van der Waals surface area contributed by atoms with Gasteiger partial charge >= 0.3 is 0 Å². The molecular formula is C13H11ClN2O4S. The van der Waals surface area contributed by atoms with Gasteiger partial charge in [0.05, 0.1) is 16.8 Å². The van der Waals surface area contributed by atoms with Crippen LogP contribution in [-0.4, -0.2) is 20.1 Å². The zero-order valence-corrected chi connectivity index (χ0v) is 12.4. The summed E-state index contributed by atoms with van der Waals surface area (Å²) in [5.74, 6) is -1.30. The zero-order chi connectivity index (χ0) is 15.5. The fourth-order valence-electron chi connectivity index (χ4n) is 1.72. The maximum atomic E-state index is 11.9. The molecule has 0 radical (unpaired) electrons. The second-order valence-electron chi connectivity index (χ2n) is 4.28. The van der Waals surface area contributed by atoms with E-state index in [1.54, 1.807) is 18.2 Å². The van der Waals surface area contributed by atoms with E-state index in [1.165, 1.54) is 6.07 Å². The Kier molecular flexibility index (Phi) is 4.50. The number of para-hydroxylation sites is 1. The summed E-state index contributed by atoms with van der Waals surface area (Å²) in [7, 11) is -3.79. The number of nitrogens with one attached hydrogen (secondary N) is 1. The van der Waals surface area contributed by atoms with Gasteiger partial charge in [-0.05, 0) is 18.6 Å². The minimum Gasteiger partial charge on any atom is -0.449 e. The summed E-state index contributed by atoms with van der Waals surface area (Å²) >= 11 is 5.92. The first kappa shape index (κ1) is 15.4. The molecule has 0 aliphatic heterocycles. The first-order valence-corrected chi connectivity index (χ1v) is 8.06. The van der Waals surface area contributed by atoms with Crippen molar-refractivity contribution in [2.75, 3.05) is 5.75 Å². The summed E-state index contributed by atoms with van der Waals surface area (Å²) in [4.78, 5) is 11.9. The molecule has 6 nitrogen and oxygen atoms in total. The number of carbonyl (C=O) groups is 1. The Morgan fingerprint density at radius 2 is 2.19 bits per heavy atom. The Bertz CT molecular complexity index is 820. The summed E-state index contributed by atoms with van der Waals surface area (Å²) in [6, 6.07) is 8.25. The fourth-order valence-corrected chi connectivity index (χ4v) is 2.95. The highest BCUT2D eigenvalue weighted by Gasteiger charge is 2.19. The van der Waals surface area contributed by atoms with Crippen molar-refractivity contribution in [1.29, 1.82) is 5.26 Å². The third kappa shape index (κ3) is 3.74. The number of rotatable bonds is 5. The van der Waals surface area contributed by atoms with Gasteiger partial charge < -0.3 is 4.42 Å². The van der Waals surface area contributed by atoms with Crippen molar-refractivity contribution in [2.24, 2.45) is 0 Å². The average Bonchev–Trinajstić information content (AvgIpc) is 2.84. The van der Waals surface area contributed by atoms with Crippen LogP contribution in [0.1, 0.15) is 23.4 Å². The lowest BCUT2D eigenvalue weighted by Gasteiger charge is -2.03. The van der Waals surface area contributed by atoms with Gasteiger partial charge in [-0.3, -0.25) is 4.79 Å². The molecule has 0 fully saturated rings. The second kappa shape index (κ2) is 6.16. The van der Waals surface area contributed by atoms with Crippen LogP contribution >= 0.6 is 11.6 Å². The Hall–Kier alpha value is -2.04. The van der Waals surface area contributed by atoms with E-state index in [0.29, 0.717) is 16.0 Å². The largest absolute Gasteiger partial charge is 0.449 e. The van der Waals surface area contributed by atoms with Gasteiger partial charge in [0, 0.05) is 11.8 Å².